The van der Waals surface area contributed by atoms with Crippen LogP contribution in [0.2, 0.25) is 0 Å². The SMILES string of the molecule is Cc1cc2c(o1)CC(C)(C)CC2NC(=O)C1CCN(C(=O)c2ccc(F)cc2)CC1. The summed E-state index contributed by atoms with van der Waals surface area (Å²) in [5, 5.41) is 3.25. The number of halogens is 1. The lowest BCUT2D eigenvalue weighted by Gasteiger charge is -2.36. The van der Waals surface area contributed by atoms with Gasteiger partial charge in [-0.2, -0.15) is 0 Å². The summed E-state index contributed by atoms with van der Waals surface area (Å²) in [5.74, 6) is 1.34. The molecule has 160 valence electrons. The van der Waals surface area contributed by atoms with Crippen LogP contribution in [0.1, 0.15) is 66.6 Å². The fourth-order valence-electron chi connectivity index (χ4n) is 4.72. The predicted molar refractivity (Wildman–Crippen MR) is 111 cm³/mol. The normalized spacial score (nSPS) is 21.2. The van der Waals surface area contributed by atoms with Crippen LogP contribution in [-0.2, 0) is 11.2 Å². The highest BCUT2D eigenvalue weighted by atomic mass is 19.1. The Morgan fingerprint density at radius 2 is 1.83 bits per heavy atom. The average molecular weight is 413 g/mol. The molecule has 1 saturated heterocycles. The predicted octanol–water partition coefficient (Wildman–Crippen LogP) is 4.41. The number of nitrogens with one attached hydrogen (secondary N) is 1. The molecule has 1 N–H and O–H groups in total. The summed E-state index contributed by atoms with van der Waals surface area (Å²) in [6, 6.07) is 7.61. The van der Waals surface area contributed by atoms with Gasteiger partial charge in [-0.05, 0) is 61.9 Å². The van der Waals surface area contributed by atoms with Crippen molar-refractivity contribution in [1.29, 1.82) is 0 Å². The van der Waals surface area contributed by atoms with Crippen molar-refractivity contribution >= 4 is 11.8 Å². The van der Waals surface area contributed by atoms with E-state index in [1.165, 1.54) is 24.3 Å². The number of nitrogens with zero attached hydrogens (tertiary/aromatic N) is 1. The summed E-state index contributed by atoms with van der Waals surface area (Å²) >= 11 is 0. The van der Waals surface area contributed by atoms with E-state index < -0.39 is 0 Å². The van der Waals surface area contributed by atoms with Gasteiger partial charge in [0.15, 0.2) is 0 Å². The smallest absolute Gasteiger partial charge is 0.253 e. The fraction of sp³-hybridized carbons (Fsp3) is 0.500. The maximum Gasteiger partial charge on any atom is 0.253 e. The number of rotatable bonds is 3. The van der Waals surface area contributed by atoms with E-state index in [0.717, 1.165) is 29.9 Å². The number of benzene rings is 1. The molecule has 0 radical (unpaired) electrons. The van der Waals surface area contributed by atoms with Crippen molar-refractivity contribution in [3.63, 3.8) is 0 Å². The van der Waals surface area contributed by atoms with Crippen molar-refractivity contribution in [2.45, 2.75) is 52.5 Å². The first kappa shape index (κ1) is 20.6. The van der Waals surface area contributed by atoms with Crippen LogP contribution in [0.3, 0.4) is 0 Å². The number of piperidine rings is 1. The number of amides is 2. The minimum atomic E-state index is -0.358. The Morgan fingerprint density at radius 3 is 2.50 bits per heavy atom. The molecular formula is C24H29FN2O3. The number of hydrogen-bond acceptors (Lipinski definition) is 3. The Morgan fingerprint density at radius 1 is 1.17 bits per heavy atom. The fourth-order valence-corrected chi connectivity index (χ4v) is 4.72. The molecule has 1 fully saturated rings. The zero-order valence-corrected chi connectivity index (χ0v) is 17.8. The van der Waals surface area contributed by atoms with Gasteiger partial charge in [0.25, 0.3) is 5.91 Å². The molecule has 0 spiro atoms. The van der Waals surface area contributed by atoms with Crippen LogP contribution in [0.5, 0.6) is 0 Å². The molecule has 0 saturated carbocycles. The Balaban J connectivity index is 1.37. The molecule has 1 aliphatic carbocycles. The van der Waals surface area contributed by atoms with Crippen LogP contribution < -0.4 is 5.32 Å². The molecule has 1 aromatic heterocycles. The second kappa shape index (κ2) is 7.89. The average Bonchev–Trinajstić information content (AvgIpc) is 3.07. The van der Waals surface area contributed by atoms with E-state index in [9.17, 15) is 14.0 Å². The lowest BCUT2D eigenvalue weighted by molar-refractivity contribution is -0.127. The second-order valence-electron chi connectivity index (χ2n) is 9.42. The van der Waals surface area contributed by atoms with E-state index in [1.54, 1.807) is 4.90 Å². The quantitative estimate of drug-likeness (QED) is 0.812. The number of carbonyl (C=O) groups excluding carboxylic acids is 2. The molecule has 1 unspecified atom stereocenters. The molecule has 2 amide bonds. The maximum atomic E-state index is 13.1. The summed E-state index contributed by atoms with van der Waals surface area (Å²) < 4.78 is 19.0. The van der Waals surface area contributed by atoms with Gasteiger partial charge in [0.2, 0.25) is 5.91 Å². The molecule has 6 heteroatoms. The summed E-state index contributed by atoms with van der Waals surface area (Å²) in [7, 11) is 0. The topological polar surface area (TPSA) is 62.6 Å². The van der Waals surface area contributed by atoms with Crippen LogP contribution in [-0.4, -0.2) is 29.8 Å². The van der Waals surface area contributed by atoms with Crippen LogP contribution in [0.15, 0.2) is 34.7 Å². The third kappa shape index (κ3) is 4.27. The molecular weight excluding hydrogens is 383 g/mol. The number of hydrogen-bond donors (Lipinski definition) is 1. The van der Waals surface area contributed by atoms with Crippen molar-refractivity contribution in [3.05, 3.63) is 58.8 Å². The van der Waals surface area contributed by atoms with Crippen molar-refractivity contribution < 1.29 is 18.4 Å². The molecule has 1 aliphatic heterocycles. The number of carbonyl (C=O) groups is 2. The minimum absolute atomic E-state index is 0.0347. The van der Waals surface area contributed by atoms with Gasteiger partial charge in [-0.3, -0.25) is 9.59 Å². The van der Waals surface area contributed by atoms with Crippen LogP contribution >= 0.6 is 0 Å². The highest BCUT2D eigenvalue weighted by Gasteiger charge is 2.37. The summed E-state index contributed by atoms with van der Waals surface area (Å²) in [6.45, 7) is 7.40. The minimum Gasteiger partial charge on any atom is -0.466 e. The third-order valence-corrected chi connectivity index (χ3v) is 6.30. The molecule has 4 rings (SSSR count). The molecule has 1 aromatic carbocycles. The second-order valence-corrected chi connectivity index (χ2v) is 9.42. The van der Waals surface area contributed by atoms with Gasteiger partial charge in [-0.15, -0.1) is 0 Å². The number of aryl methyl sites for hydroxylation is 1. The zero-order valence-electron chi connectivity index (χ0n) is 17.8. The first-order valence-corrected chi connectivity index (χ1v) is 10.7. The van der Waals surface area contributed by atoms with Gasteiger partial charge in [-0.1, -0.05) is 13.8 Å². The van der Waals surface area contributed by atoms with E-state index in [-0.39, 0.29) is 35.0 Å². The van der Waals surface area contributed by atoms with Crippen molar-refractivity contribution in [3.8, 4) is 0 Å². The third-order valence-electron chi connectivity index (χ3n) is 6.30. The molecule has 2 aromatic rings. The Bertz CT molecular complexity index is 940. The van der Waals surface area contributed by atoms with Crippen LogP contribution in [0, 0.1) is 24.1 Å². The van der Waals surface area contributed by atoms with Gasteiger partial charge in [0.1, 0.15) is 17.3 Å². The first-order valence-electron chi connectivity index (χ1n) is 10.7. The molecule has 1 atom stereocenters. The maximum absolute atomic E-state index is 13.1. The van der Waals surface area contributed by atoms with Gasteiger partial charge in [0, 0.05) is 36.6 Å². The molecule has 0 bridgehead atoms. The van der Waals surface area contributed by atoms with E-state index >= 15 is 0 Å². The largest absolute Gasteiger partial charge is 0.466 e. The van der Waals surface area contributed by atoms with Gasteiger partial charge < -0.3 is 14.6 Å². The van der Waals surface area contributed by atoms with E-state index in [2.05, 4.69) is 19.2 Å². The molecule has 5 nitrogen and oxygen atoms in total. The Hall–Kier alpha value is -2.63. The number of furan rings is 1. The number of fused-ring (bicyclic) bond motifs is 1. The van der Waals surface area contributed by atoms with Crippen LogP contribution in [0.25, 0.3) is 0 Å². The summed E-state index contributed by atoms with van der Waals surface area (Å²) in [4.78, 5) is 27.3. The molecule has 2 aliphatic rings. The Kier molecular flexibility index (Phi) is 5.43. The van der Waals surface area contributed by atoms with Crippen molar-refractivity contribution in [2.75, 3.05) is 13.1 Å². The van der Waals surface area contributed by atoms with Gasteiger partial charge >= 0.3 is 0 Å². The van der Waals surface area contributed by atoms with E-state index in [4.69, 9.17) is 4.42 Å². The molecule has 2 heterocycles. The van der Waals surface area contributed by atoms with Gasteiger partial charge in [-0.25, -0.2) is 4.39 Å². The first-order chi connectivity index (χ1) is 14.2. The van der Waals surface area contributed by atoms with Crippen molar-refractivity contribution in [1.82, 2.24) is 10.2 Å². The number of likely N-dealkylation sites (tertiary alicyclic amines) is 1. The standard InChI is InChI=1S/C24H29FN2O3/c1-15-12-19-20(13-24(2,3)14-21(19)30-15)26-22(28)16-8-10-27(11-9-16)23(29)17-4-6-18(25)7-5-17/h4-7,12,16,20H,8-11,13-14H2,1-3H3,(H,26,28). The van der Waals surface area contributed by atoms with Crippen LogP contribution in [0.4, 0.5) is 4.39 Å². The van der Waals surface area contributed by atoms with E-state index in [1.807, 2.05) is 13.0 Å². The summed E-state index contributed by atoms with van der Waals surface area (Å²) in [5.41, 5.74) is 1.65. The molecule has 30 heavy (non-hydrogen) atoms. The lowest BCUT2D eigenvalue weighted by Crippen LogP contribution is -2.44. The van der Waals surface area contributed by atoms with Gasteiger partial charge in [0.05, 0.1) is 6.04 Å². The lowest BCUT2D eigenvalue weighted by atomic mass is 9.74. The highest BCUT2D eigenvalue weighted by Crippen LogP contribution is 2.42. The zero-order chi connectivity index (χ0) is 21.5. The monoisotopic (exact) mass is 412 g/mol. The Labute approximate surface area is 176 Å². The summed E-state index contributed by atoms with van der Waals surface area (Å²) in [6.07, 6.45) is 3.03. The van der Waals surface area contributed by atoms with E-state index in [0.29, 0.717) is 31.5 Å². The van der Waals surface area contributed by atoms with Crippen molar-refractivity contribution in [2.24, 2.45) is 11.3 Å². The highest BCUT2D eigenvalue weighted by molar-refractivity contribution is 5.94.